The number of nitrogens with zero attached hydrogens (tertiary/aromatic N) is 1. The number of fused-ring (bicyclic) bond motifs is 1. The summed E-state index contributed by atoms with van der Waals surface area (Å²) in [5, 5.41) is 0. The van der Waals surface area contributed by atoms with Crippen molar-refractivity contribution in [2.45, 2.75) is 38.3 Å². The summed E-state index contributed by atoms with van der Waals surface area (Å²) < 4.78 is 2.31. The Balaban J connectivity index is 1.70. The molecule has 1 aliphatic carbocycles. The van der Waals surface area contributed by atoms with Gasteiger partial charge < -0.3 is 10.3 Å². The van der Waals surface area contributed by atoms with Crippen LogP contribution in [-0.2, 0) is 19.4 Å². The third-order valence-corrected chi connectivity index (χ3v) is 3.86. The summed E-state index contributed by atoms with van der Waals surface area (Å²) in [6.07, 6.45) is 9.19. The van der Waals surface area contributed by atoms with Crippen molar-refractivity contribution in [1.29, 1.82) is 0 Å². The Morgan fingerprint density at radius 1 is 1.17 bits per heavy atom. The van der Waals surface area contributed by atoms with Crippen molar-refractivity contribution in [3.8, 4) is 0 Å². The minimum Gasteiger partial charge on any atom is -0.353 e. The van der Waals surface area contributed by atoms with Crippen molar-refractivity contribution in [3.63, 3.8) is 0 Å². The topological polar surface area (TPSA) is 30.9 Å². The maximum absolute atomic E-state index is 6.15. The van der Waals surface area contributed by atoms with Crippen molar-refractivity contribution in [2.24, 2.45) is 5.73 Å². The maximum atomic E-state index is 6.15. The van der Waals surface area contributed by atoms with Crippen LogP contribution in [0.15, 0.2) is 42.7 Å². The van der Waals surface area contributed by atoms with E-state index in [9.17, 15) is 0 Å². The van der Waals surface area contributed by atoms with Crippen LogP contribution in [0.3, 0.4) is 0 Å². The van der Waals surface area contributed by atoms with Gasteiger partial charge in [0.2, 0.25) is 0 Å². The van der Waals surface area contributed by atoms with E-state index < -0.39 is 0 Å². The molecule has 0 radical (unpaired) electrons. The van der Waals surface area contributed by atoms with Gasteiger partial charge in [0.15, 0.2) is 0 Å². The van der Waals surface area contributed by atoms with E-state index in [0.29, 0.717) is 0 Å². The van der Waals surface area contributed by atoms with Crippen LogP contribution in [-0.4, -0.2) is 4.57 Å². The molecule has 18 heavy (non-hydrogen) atoms. The lowest BCUT2D eigenvalue weighted by Crippen LogP contribution is -2.15. The Bertz CT molecular complexity index is 513. The molecule has 1 aromatic carbocycles. The van der Waals surface area contributed by atoms with Crippen molar-refractivity contribution in [1.82, 2.24) is 4.57 Å². The summed E-state index contributed by atoms with van der Waals surface area (Å²) in [6, 6.07) is 10.9. The van der Waals surface area contributed by atoms with Gasteiger partial charge in [-0.05, 0) is 42.4 Å². The van der Waals surface area contributed by atoms with E-state index >= 15 is 0 Å². The van der Waals surface area contributed by atoms with E-state index in [0.717, 1.165) is 19.4 Å². The predicted octanol–water partition coefficient (Wildman–Crippen LogP) is 3.07. The molecule has 94 valence electrons. The van der Waals surface area contributed by atoms with E-state index in [1.807, 2.05) is 0 Å². The zero-order valence-corrected chi connectivity index (χ0v) is 10.7. The molecule has 2 nitrogen and oxygen atoms in total. The average Bonchev–Trinajstić information content (AvgIpc) is 2.82. The van der Waals surface area contributed by atoms with Gasteiger partial charge in [-0.3, -0.25) is 0 Å². The van der Waals surface area contributed by atoms with Crippen LogP contribution in [0, 0.1) is 0 Å². The van der Waals surface area contributed by atoms with Crippen LogP contribution in [0.2, 0.25) is 0 Å². The minimum absolute atomic E-state index is 0.256. The fourth-order valence-corrected chi connectivity index (χ4v) is 2.82. The highest BCUT2D eigenvalue weighted by molar-refractivity contribution is 5.30. The highest BCUT2D eigenvalue weighted by Crippen LogP contribution is 2.28. The molecule has 2 aromatic rings. The largest absolute Gasteiger partial charge is 0.353 e. The summed E-state index contributed by atoms with van der Waals surface area (Å²) in [5.41, 5.74) is 10.4. The van der Waals surface area contributed by atoms with Crippen LogP contribution in [0.25, 0.3) is 0 Å². The number of rotatable bonds is 3. The summed E-state index contributed by atoms with van der Waals surface area (Å²) in [6.45, 7) is 1.05. The smallest absolute Gasteiger partial charge is 0.0312 e. The lowest BCUT2D eigenvalue weighted by atomic mass is 9.92. The molecule has 0 bridgehead atoms. The van der Waals surface area contributed by atoms with Crippen LogP contribution in [0.1, 0.15) is 35.6 Å². The van der Waals surface area contributed by atoms with Crippen molar-refractivity contribution < 1.29 is 0 Å². The molecule has 1 heterocycles. The minimum atomic E-state index is 0.256. The van der Waals surface area contributed by atoms with Crippen LogP contribution >= 0.6 is 0 Å². The highest BCUT2D eigenvalue weighted by atomic mass is 14.9. The second-order valence-electron chi connectivity index (χ2n) is 5.21. The Kier molecular flexibility index (Phi) is 3.20. The van der Waals surface area contributed by atoms with Gasteiger partial charge in [0.25, 0.3) is 0 Å². The molecule has 0 saturated carbocycles. The van der Waals surface area contributed by atoms with E-state index in [1.54, 1.807) is 0 Å². The van der Waals surface area contributed by atoms with E-state index in [2.05, 4.69) is 47.3 Å². The molecule has 3 rings (SSSR count). The van der Waals surface area contributed by atoms with E-state index in [1.165, 1.54) is 29.5 Å². The number of nitrogens with two attached hydrogens (primary N) is 1. The second-order valence-corrected chi connectivity index (χ2v) is 5.21. The van der Waals surface area contributed by atoms with Crippen molar-refractivity contribution in [3.05, 3.63) is 59.4 Å². The molecule has 2 N–H and O–H groups in total. The number of hydrogen-bond donors (Lipinski definition) is 1. The van der Waals surface area contributed by atoms with Gasteiger partial charge in [0.05, 0.1) is 0 Å². The van der Waals surface area contributed by atoms with E-state index in [-0.39, 0.29) is 6.04 Å². The maximum Gasteiger partial charge on any atom is 0.0312 e. The SMILES string of the molecule is NC1CCCc2cn(CCc3ccccc3)cc21. The molecular formula is C16H20N2. The second kappa shape index (κ2) is 4.99. The van der Waals surface area contributed by atoms with Crippen LogP contribution in [0.4, 0.5) is 0 Å². The van der Waals surface area contributed by atoms with Gasteiger partial charge in [0.1, 0.15) is 0 Å². The lowest BCUT2D eigenvalue weighted by Gasteiger charge is -2.17. The summed E-state index contributed by atoms with van der Waals surface area (Å²) >= 11 is 0. The third-order valence-electron chi connectivity index (χ3n) is 3.86. The van der Waals surface area contributed by atoms with Gasteiger partial charge in [-0.1, -0.05) is 30.3 Å². The molecule has 0 spiro atoms. The Labute approximate surface area is 108 Å². The Morgan fingerprint density at radius 3 is 2.78 bits per heavy atom. The zero-order chi connectivity index (χ0) is 12.4. The molecule has 0 aliphatic heterocycles. The summed E-state index contributed by atoms with van der Waals surface area (Å²) in [5.74, 6) is 0. The highest BCUT2D eigenvalue weighted by Gasteiger charge is 2.18. The molecule has 0 saturated heterocycles. The van der Waals surface area contributed by atoms with Crippen LogP contribution in [0.5, 0.6) is 0 Å². The van der Waals surface area contributed by atoms with Gasteiger partial charge in [-0.25, -0.2) is 0 Å². The normalized spacial score (nSPS) is 18.6. The summed E-state index contributed by atoms with van der Waals surface area (Å²) in [4.78, 5) is 0. The standard InChI is InChI=1S/C16H20N2/c17-16-8-4-7-14-11-18(12-15(14)16)10-9-13-5-2-1-3-6-13/h1-3,5-6,11-12,16H,4,7-10,17H2. The number of aryl methyl sites for hydroxylation is 3. The van der Waals surface area contributed by atoms with Crippen molar-refractivity contribution in [2.75, 3.05) is 0 Å². The first-order valence-corrected chi connectivity index (χ1v) is 6.81. The fourth-order valence-electron chi connectivity index (χ4n) is 2.82. The lowest BCUT2D eigenvalue weighted by molar-refractivity contribution is 0.573. The quantitative estimate of drug-likeness (QED) is 0.878. The average molecular weight is 240 g/mol. The molecular weight excluding hydrogens is 220 g/mol. The molecule has 1 unspecified atom stereocenters. The fraction of sp³-hybridized carbons (Fsp3) is 0.375. The molecule has 1 aliphatic rings. The molecule has 1 aromatic heterocycles. The monoisotopic (exact) mass is 240 g/mol. The molecule has 0 fully saturated rings. The first-order valence-electron chi connectivity index (χ1n) is 6.81. The Hall–Kier alpha value is -1.54. The van der Waals surface area contributed by atoms with E-state index in [4.69, 9.17) is 5.73 Å². The van der Waals surface area contributed by atoms with Crippen LogP contribution < -0.4 is 5.73 Å². The van der Waals surface area contributed by atoms with Gasteiger partial charge in [-0.2, -0.15) is 0 Å². The summed E-state index contributed by atoms with van der Waals surface area (Å²) in [7, 11) is 0. The van der Waals surface area contributed by atoms with Gasteiger partial charge >= 0.3 is 0 Å². The number of benzene rings is 1. The predicted molar refractivity (Wildman–Crippen MR) is 74.4 cm³/mol. The zero-order valence-electron chi connectivity index (χ0n) is 10.7. The number of hydrogen-bond acceptors (Lipinski definition) is 1. The van der Waals surface area contributed by atoms with Crippen molar-refractivity contribution >= 4 is 0 Å². The number of aromatic nitrogens is 1. The first kappa shape index (κ1) is 11.5. The molecule has 2 heteroatoms. The molecule has 1 atom stereocenters. The van der Waals surface area contributed by atoms with Gasteiger partial charge in [-0.15, -0.1) is 0 Å². The Morgan fingerprint density at radius 2 is 2.00 bits per heavy atom. The molecule has 0 amide bonds. The van der Waals surface area contributed by atoms with Gasteiger partial charge in [0, 0.05) is 25.0 Å². The third kappa shape index (κ3) is 2.34. The first-order chi connectivity index (χ1) is 8.83.